The van der Waals surface area contributed by atoms with E-state index in [-0.39, 0.29) is 11.9 Å². The molecule has 1 aromatic carbocycles. The Labute approximate surface area is 128 Å². The van der Waals surface area contributed by atoms with Crippen LogP contribution in [0, 0.1) is 5.92 Å². The van der Waals surface area contributed by atoms with Gasteiger partial charge in [-0.25, -0.2) is 0 Å². The van der Waals surface area contributed by atoms with Gasteiger partial charge in [0, 0.05) is 18.3 Å². The second-order valence-corrected chi connectivity index (χ2v) is 5.77. The fourth-order valence-corrected chi connectivity index (χ4v) is 2.52. The molecule has 0 radical (unpaired) electrons. The molecule has 21 heavy (non-hydrogen) atoms. The Morgan fingerprint density at radius 2 is 1.90 bits per heavy atom. The van der Waals surface area contributed by atoms with Crippen molar-refractivity contribution in [2.75, 3.05) is 19.4 Å². The first-order chi connectivity index (χ1) is 9.94. The van der Waals surface area contributed by atoms with E-state index in [4.69, 9.17) is 10.5 Å². The number of rotatable bonds is 7. The summed E-state index contributed by atoms with van der Waals surface area (Å²) in [4.78, 5) is 14.9. The van der Waals surface area contributed by atoms with Gasteiger partial charge in [-0.15, -0.1) is 0 Å². The molecule has 0 saturated carbocycles. The molecule has 4 heteroatoms. The molecule has 0 aliphatic rings. The molecule has 0 aliphatic heterocycles. The van der Waals surface area contributed by atoms with Gasteiger partial charge in [0.2, 0.25) is 0 Å². The van der Waals surface area contributed by atoms with Gasteiger partial charge in [0.05, 0.1) is 12.7 Å². The van der Waals surface area contributed by atoms with E-state index in [1.54, 1.807) is 25.3 Å². The molecule has 0 spiro atoms. The molecule has 1 amide bonds. The van der Waals surface area contributed by atoms with E-state index in [0.717, 1.165) is 19.4 Å². The third kappa shape index (κ3) is 4.38. The standard InChI is InChI=1S/C17H28N2O2/c1-6-13(7-2)19(11-12(3)4)17(20)15-10-14(21-5)8-9-16(15)18/h8-10,12-13H,6-7,11,18H2,1-5H3. The topological polar surface area (TPSA) is 55.6 Å². The second kappa shape index (κ2) is 7.91. The van der Waals surface area contributed by atoms with Gasteiger partial charge in [0.25, 0.3) is 5.91 Å². The molecule has 0 heterocycles. The van der Waals surface area contributed by atoms with Gasteiger partial charge in [-0.3, -0.25) is 4.79 Å². The summed E-state index contributed by atoms with van der Waals surface area (Å²) in [5, 5.41) is 0. The molecule has 0 aromatic heterocycles. The van der Waals surface area contributed by atoms with Crippen LogP contribution in [0.2, 0.25) is 0 Å². The molecule has 2 N–H and O–H groups in total. The zero-order chi connectivity index (χ0) is 16.0. The summed E-state index contributed by atoms with van der Waals surface area (Å²) < 4.78 is 5.21. The number of carbonyl (C=O) groups is 1. The minimum absolute atomic E-state index is 0.00574. The van der Waals surface area contributed by atoms with Crippen LogP contribution in [-0.2, 0) is 0 Å². The molecule has 0 unspecified atom stereocenters. The predicted molar refractivity (Wildman–Crippen MR) is 87.7 cm³/mol. The highest BCUT2D eigenvalue weighted by atomic mass is 16.5. The molecule has 0 aliphatic carbocycles. The quantitative estimate of drug-likeness (QED) is 0.782. The summed E-state index contributed by atoms with van der Waals surface area (Å²) in [6.07, 6.45) is 1.89. The number of anilines is 1. The molecule has 1 aromatic rings. The number of methoxy groups -OCH3 is 1. The minimum atomic E-state index is -0.00574. The van der Waals surface area contributed by atoms with Gasteiger partial charge >= 0.3 is 0 Å². The third-order valence-electron chi connectivity index (χ3n) is 3.70. The monoisotopic (exact) mass is 292 g/mol. The first-order valence-electron chi connectivity index (χ1n) is 7.68. The summed E-state index contributed by atoms with van der Waals surface area (Å²) in [5.74, 6) is 1.07. The Balaban J connectivity index is 3.15. The number of nitrogen functional groups attached to an aromatic ring is 1. The van der Waals surface area contributed by atoms with Gasteiger partial charge < -0.3 is 15.4 Å². The van der Waals surface area contributed by atoms with Crippen LogP contribution in [0.1, 0.15) is 50.9 Å². The van der Waals surface area contributed by atoms with Gasteiger partial charge in [0.1, 0.15) is 5.75 Å². The lowest BCUT2D eigenvalue weighted by atomic mass is 10.0. The van der Waals surface area contributed by atoms with E-state index in [9.17, 15) is 4.79 Å². The summed E-state index contributed by atoms with van der Waals surface area (Å²) in [7, 11) is 1.59. The SMILES string of the molecule is CCC(CC)N(CC(C)C)C(=O)c1cc(OC)ccc1N. The first-order valence-corrected chi connectivity index (χ1v) is 7.68. The van der Waals surface area contributed by atoms with Crippen molar-refractivity contribution in [2.45, 2.75) is 46.6 Å². The molecule has 0 bridgehead atoms. The number of carbonyl (C=O) groups excluding carboxylic acids is 1. The highest BCUT2D eigenvalue weighted by Crippen LogP contribution is 2.23. The Kier molecular flexibility index (Phi) is 6.53. The van der Waals surface area contributed by atoms with Gasteiger partial charge in [-0.1, -0.05) is 27.7 Å². The van der Waals surface area contributed by atoms with Crippen LogP contribution in [0.15, 0.2) is 18.2 Å². The summed E-state index contributed by atoms with van der Waals surface area (Å²) >= 11 is 0. The maximum Gasteiger partial charge on any atom is 0.256 e. The second-order valence-electron chi connectivity index (χ2n) is 5.77. The number of hydrogen-bond donors (Lipinski definition) is 1. The zero-order valence-corrected chi connectivity index (χ0v) is 13.8. The van der Waals surface area contributed by atoms with Gasteiger partial charge in [0.15, 0.2) is 0 Å². The lowest BCUT2D eigenvalue weighted by Gasteiger charge is -2.32. The van der Waals surface area contributed by atoms with Crippen molar-refractivity contribution in [3.05, 3.63) is 23.8 Å². The van der Waals surface area contributed by atoms with Crippen LogP contribution in [-0.4, -0.2) is 30.5 Å². The van der Waals surface area contributed by atoms with E-state index in [1.807, 2.05) is 4.90 Å². The smallest absolute Gasteiger partial charge is 0.256 e. The van der Waals surface area contributed by atoms with Crippen molar-refractivity contribution >= 4 is 11.6 Å². The number of nitrogens with zero attached hydrogens (tertiary/aromatic N) is 1. The van der Waals surface area contributed by atoms with Crippen molar-refractivity contribution < 1.29 is 9.53 Å². The zero-order valence-electron chi connectivity index (χ0n) is 13.8. The largest absolute Gasteiger partial charge is 0.497 e. The third-order valence-corrected chi connectivity index (χ3v) is 3.70. The molecule has 0 saturated heterocycles. The number of nitrogens with two attached hydrogens (primary N) is 1. The number of benzene rings is 1. The van der Waals surface area contributed by atoms with Crippen LogP contribution in [0.4, 0.5) is 5.69 Å². The molecule has 0 atom stereocenters. The summed E-state index contributed by atoms with van der Waals surface area (Å²) in [5.41, 5.74) is 7.02. The average Bonchev–Trinajstić information content (AvgIpc) is 2.47. The summed E-state index contributed by atoms with van der Waals surface area (Å²) in [6, 6.07) is 5.47. The normalized spacial score (nSPS) is 11.0. The molecular weight excluding hydrogens is 264 g/mol. The van der Waals surface area contributed by atoms with Gasteiger partial charge in [-0.2, -0.15) is 0 Å². The van der Waals surface area contributed by atoms with Crippen molar-refractivity contribution in [3.63, 3.8) is 0 Å². The number of hydrogen-bond acceptors (Lipinski definition) is 3. The van der Waals surface area contributed by atoms with Crippen LogP contribution < -0.4 is 10.5 Å². The lowest BCUT2D eigenvalue weighted by Crippen LogP contribution is -2.42. The molecule has 1 rings (SSSR count). The highest BCUT2D eigenvalue weighted by Gasteiger charge is 2.24. The first kappa shape index (κ1) is 17.3. The molecule has 0 fully saturated rings. The maximum atomic E-state index is 12.9. The molecular formula is C17H28N2O2. The minimum Gasteiger partial charge on any atom is -0.497 e. The van der Waals surface area contributed by atoms with E-state index < -0.39 is 0 Å². The van der Waals surface area contributed by atoms with E-state index in [2.05, 4.69) is 27.7 Å². The van der Waals surface area contributed by atoms with E-state index in [0.29, 0.717) is 22.9 Å². The van der Waals surface area contributed by atoms with E-state index >= 15 is 0 Å². The number of amides is 1. The molecule has 118 valence electrons. The van der Waals surface area contributed by atoms with Crippen LogP contribution in [0.5, 0.6) is 5.75 Å². The van der Waals surface area contributed by atoms with Gasteiger partial charge in [-0.05, 0) is 37.0 Å². The lowest BCUT2D eigenvalue weighted by molar-refractivity contribution is 0.0641. The fraction of sp³-hybridized carbons (Fsp3) is 0.588. The molecule has 4 nitrogen and oxygen atoms in total. The van der Waals surface area contributed by atoms with Crippen molar-refractivity contribution in [2.24, 2.45) is 5.92 Å². The van der Waals surface area contributed by atoms with Crippen molar-refractivity contribution in [3.8, 4) is 5.75 Å². The van der Waals surface area contributed by atoms with Crippen molar-refractivity contribution in [1.29, 1.82) is 0 Å². The predicted octanol–water partition coefficient (Wildman–Crippen LogP) is 3.56. The van der Waals surface area contributed by atoms with Crippen LogP contribution in [0.3, 0.4) is 0 Å². The number of ether oxygens (including phenoxy) is 1. The van der Waals surface area contributed by atoms with E-state index in [1.165, 1.54) is 0 Å². The Morgan fingerprint density at radius 1 is 1.29 bits per heavy atom. The van der Waals surface area contributed by atoms with Crippen LogP contribution in [0.25, 0.3) is 0 Å². The maximum absolute atomic E-state index is 12.9. The average molecular weight is 292 g/mol. The van der Waals surface area contributed by atoms with Crippen LogP contribution >= 0.6 is 0 Å². The summed E-state index contributed by atoms with van der Waals surface area (Å²) in [6.45, 7) is 9.21. The van der Waals surface area contributed by atoms with Crippen molar-refractivity contribution in [1.82, 2.24) is 4.90 Å². The fourth-order valence-electron chi connectivity index (χ4n) is 2.52. The highest BCUT2D eigenvalue weighted by molar-refractivity contribution is 5.99. The Hall–Kier alpha value is -1.71. The Bertz CT molecular complexity index is 468. The Morgan fingerprint density at radius 3 is 2.38 bits per heavy atom.